The fourth-order valence-electron chi connectivity index (χ4n) is 2.05. The number of para-hydroxylation sites is 1. The van der Waals surface area contributed by atoms with E-state index in [9.17, 15) is 4.79 Å². The van der Waals surface area contributed by atoms with Gasteiger partial charge in [-0.25, -0.2) is 0 Å². The molecule has 0 N–H and O–H groups in total. The standard InChI is InChI=1S/C14H13NO/c16-14(10-5-6-10)9-11-7-8-15-13-4-2-1-3-12(11)13/h1-4,7-8,10H,5-6,9H2. The summed E-state index contributed by atoms with van der Waals surface area (Å²) in [6.07, 6.45) is 4.52. The molecule has 0 radical (unpaired) electrons. The molecule has 0 aliphatic heterocycles. The maximum Gasteiger partial charge on any atom is 0.140 e. The van der Waals surface area contributed by atoms with E-state index in [0.717, 1.165) is 29.3 Å². The van der Waals surface area contributed by atoms with Crippen LogP contribution in [0.25, 0.3) is 10.9 Å². The Labute approximate surface area is 94.3 Å². The van der Waals surface area contributed by atoms with Crippen molar-refractivity contribution in [3.05, 3.63) is 42.1 Å². The van der Waals surface area contributed by atoms with Crippen LogP contribution in [0, 0.1) is 5.92 Å². The second-order valence-corrected chi connectivity index (χ2v) is 4.40. The van der Waals surface area contributed by atoms with Gasteiger partial charge < -0.3 is 0 Å². The van der Waals surface area contributed by atoms with Gasteiger partial charge in [-0.05, 0) is 30.5 Å². The summed E-state index contributed by atoms with van der Waals surface area (Å²) in [4.78, 5) is 16.1. The molecule has 2 aromatic rings. The summed E-state index contributed by atoms with van der Waals surface area (Å²) in [5.41, 5.74) is 2.09. The van der Waals surface area contributed by atoms with Crippen molar-refractivity contribution in [2.75, 3.05) is 0 Å². The van der Waals surface area contributed by atoms with E-state index < -0.39 is 0 Å². The van der Waals surface area contributed by atoms with Gasteiger partial charge in [-0.3, -0.25) is 9.78 Å². The number of hydrogen-bond donors (Lipinski definition) is 0. The molecule has 1 aliphatic carbocycles. The van der Waals surface area contributed by atoms with E-state index >= 15 is 0 Å². The molecular weight excluding hydrogens is 198 g/mol. The number of ketones is 1. The average molecular weight is 211 g/mol. The highest BCUT2D eigenvalue weighted by Crippen LogP contribution is 2.31. The third kappa shape index (κ3) is 1.71. The number of Topliss-reactive ketones (excluding diaryl/α,β-unsaturated/α-hetero) is 1. The van der Waals surface area contributed by atoms with Gasteiger partial charge in [0.1, 0.15) is 5.78 Å². The number of carbonyl (C=O) groups is 1. The molecule has 80 valence electrons. The van der Waals surface area contributed by atoms with Crippen molar-refractivity contribution in [1.82, 2.24) is 4.98 Å². The Bertz CT molecular complexity index is 538. The molecule has 1 aliphatic rings. The monoisotopic (exact) mass is 211 g/mol. The predicted octanol–water partition coefficient (Wildman–Crippen LogP) is 2.76. The zero-order valence-corrected chi connectivity index (χ0v) is 9.02. The molecule has 0 atom stereocenters. The van der Waals surface area contributed by atoms with Gasteiger partial charge in [-0.15, -0.1) is 0 Å². The Balaban J connectivity index is 1.99. The van der Waals surface area contributed by atoms with Crippen LogP contribution < -0.4 is 0 Å². The highest BCUT2D eigenvalue weighted by molar-refractivity contribution is 5.90. The first-order chi connectivity index (χ1) is 7.84. The molecule has 1 heterocycles. The average Bonchev–Trinajstić information content (AvgIpc) is 3.13. The lowest BCUT2D eigenvalue weighted by Crippen LogP contribution is -2.05. The van der Waals surface area contributed by atoms with Gasteiger partial charge >= 0.3 is 0 Å². The second-order valence-electron chi connectivity index (χ2n) is 4.40. The van der Waals surface area contributed by atoms with Crippen LogP contribution in [0.1, 0.15) is 18.4 Å². The van der Waals surface area contributed by atoms with E-state index in [1.807, 2.05) is 30.3 Å². The van der Waals surface area contributed by atoms with Crippen molar-refractivity contribution in [3.8, 4) is 0 Å². The lowest BCUT2D eigenvalue weighted by Gasteiger charge is -2.04. The Morgan fingerprint density at radius 1 is 1.25 bits per heavy atom. The van der Waals surface area contributed by atoms with E-state index in [-0.39, 0.29) is 0 Å². The molecule has 1 fully saturated rings. The molecular formula is C14H13NO. The molecule has 0 bridgehead atoms. The van der Waals surface area contributed by atoms with E-state index in [0.29, 0.717) is 18.1 Å². The van der Waals surface area contributed by atoms with E-state index in [4.69, 9.17) is 0 Å². The van der Waals surface area contributed by atoms with Gasteiger partial charge in [0.05, 0.1) is 5.52 Å². The van der Waals surface area contributed by atoms with Gasteiger partial charge in [0.15, 0.2) is 0 Å². The summed E-state index contributed by atoms with van der Waals surface area (Å²) < 4.78 is 0. The van der Waals surface area contributed by atoms with Crippen molar-refractivity contribution in [2.24, 2.45) is 5.92 Å². The van der Waals surface area contributed by atoms with Gasteiger partial charge in [0.25, 0.3) is 0 Å². The number of benzene rings is 1. The maximum absolute atomic E-state index is 11.8. The first kappa shape index (κ1) is 9.52. The Morgan fingerprint density at radius 3 is 2.88 bits per heavy atom. The zero-order valence-electron chi connectivity index (χ0n) is 9.02. The van der Waals surface area contributed by atoms with Crippen molar-refractivity contribution in [2.45, 2.75) is 19.3 Å². The van der Waals surface area contributed by atoms with Crippen molar-refractivity contribution in [1.29, 1.82) is 0 Å². The number of hydrogen-bond acceptors (Lipinski definition) is 2. The summed E-state index contributed by atoms with van der Waals surface area (Å²) in [6, 6.07) is 9.96. The number of pyridine rings is 1. The first-order valence-electron chi connectivity index (χ1n) is 5.70. The Kier molecular flexibility index (Phi) is 2.21. The summed E-state index contributed by atoms with van der Waals surface area (Å²) >= 11 is 0. The minimum atomic E-state index is 0.340. The van der Waals surface area contributed by atoms with Crippen molar-refractivity contribution in [3.63, 3.8) is 0 Å². The third-order valence-electron chi connectivity index (χ3n) is 3.14. The minimum Gasteiger partial charge on any atom is -0.299 e. The molecule has 0 unspecified atom stereocenters. The highest BCUT2D eigenvalue weighted by atomic mass is 16.1. The van der Waals surface area contributed by atoms with Crippen LogP contribution in [0.2, 0.25) is 0 Å². The lowest BCUT2D eigenvalue weighted by atomic mass is 10.0. The third-order valence-corrected chi connectivity index (χ3v) is 3.14. The normalized spacial score (nSPS) is 15.2. The number of fused-ring (bicyclic) bond motifs is 1. The quantitative estimate of drug-likeness (QED) is 0.781. The first-order valence-corrected chi connectivity index (χ1v) is 5.70. The topological polar surface area (TPSA) is 30.0 Å². The smallest absolute Gasteiger partial charge is 0.140 e. The molecule has 0 saturated heterocycles. The summed E-state index contributed by atoms with van der Waals surface area (Å²) in [6.45, 7) is 0. The number of carbonyl (C=O) groups excluding carboxylic acids is 1. The van der Waals surface area contributed by atoms with Crippen LogP contribution in [0.15, 0.2) is 36.5 Å². The molecule has 1 aromatic heterocycles. The molecule has 1 saturated carbocycles. The van der Waals surface area contributed by atoms with Crippen LogP contribution in [0.5, 0.6) is 0 Å². The number of rotatable bonds is 3. The second kappa shape index (κ2) is 3.71. The lowest BCUT2D eigenvalue weighted by molar-refractivity contribution is -0.119. The van der Waals surface area contributed by atoms with Crippen molar-refractivity contribution >= 4 is 16.7 Å². The molecule has 2 heteroatoms. The minimum absolute atomic E-state index is 0.340. The van der Waals surface area contributed by atoms with E-state index in [1.165, 1.54) is 0 Å². The molecule has 16 heavy (non-hydrogen) atoms. The van der Waals surface area contributed by atoms with Crippen molar-refractivity contribution < 1.29 is 4.79 Å². The molecule has 2 nitrogen and oxygen atoms in total. The predicted molar refractivity (Wildman–Crippen MR) is 63.2 cm³/mol. The molecule has 1 aromatic carbocycles. The number of nitrogens with zero attached hydrogens (tertiary/aromatic N) is 1. The van der Waals surface area contributed by atoms with Gasteiger partial charge in [-0.1, -0.05) is 18.2 Å². The largest absolute Gasteiger partial charge is 0.299 e. The van der Waals surface area contributed by atoms with E-state index in [2.05, 4.69) is 4.98 Å². The van der Waals surface area contributed by atoms with Gasteiger partial charge in [0.2, 0.25) is 0 Å². The van der Waals surface area contributed by atoms with Crippen LogP contribution in [0.4, 0.5) is 0 Å². The van der Waals surface area contributed by atoms with Crippen LogP contribution in [0.3, 0.4) is 0 Å². The SMILES string of the molecule is O=C(Cc1ccnc2ccccc12)C1CC1. The van der Waals surface area contributed by atoms with Gasteiger partial charge in [0, 0.05) is 23.9 Å². The maximum atomic E-state index is 11.8. The molecule has 0 amide bonds. The summed E-state index contributed by atoms with van der Waals surface area (Å²) in [7, 11) is 0. The van der Waals surface area contributed by atoms with Crippen LogP contribution in [-0.4, -0.2) is 10.8 Å². The molecule has 3 rings (SSSR count). The summed E-state index contributed by atoms with van der Waals surface area (Å²) in [5.74, 6) is 0.725. The van der Waals surface area contributed by atoms with Crippen LogP contribution in [-0.2, 0) is 11.2 Å². The van der Waals surface area contributed by atoms with Gasteiger partial charge in [-0.2, -0.15) is 0 Å². The Morgan fingerprint density at radius 2 is 2.06 bits per heavy atom. The highest BCUT2D eigenvalue weighted by Gasteiger charge is 2.29. The van der Waals surface area contributed by atoms with E-state index in [1.54, 1.807) is 6.20 Å². The molecule has 0 spiro atoms. The summed E-state index contributed by atoms with van der Waals surface area (Å²) in [5, 5.41) is 1.11. The Hall–Kier alpha value is -1.70. The number of aromatic nitrogens is 1. The fraction of sp³-hybridized carbons (Fsp3) is 0.286. The fourth-order valence-corrected chi connectivity index (χ4v) is 2.05. The zero-order chi connectivity index (χ0) is 11.0. The van der Waals surface area contributed by atoms with Crippen LogP contribution >= 0.6 is 0 Å².